The Hall–Kier alpha value is -2.03. The normalized spacial score (nSPS) is 12.7. The Morgan fingerprint density at radius 2 is 1.90 bits per heavy atom. The first-order valence-electron chi connectivity index (χ1n) is 6.21. The zero-order valence-corrected chi connectivity index (χ0v) is 12.7. The number of hydrogen-bond acceptors (Lipinski definition) is 6. The van der Waals surface area contributed by atoms with Crippen molar-refractivity contribution in [1.82, 2.24) is 14.9 Å². The van der Waals surface area contributed by atoms with Crippen molar-refractivity contribution >= 4 is 29.4 Å². The molecule has 0 saturated heterocycles. The molecule has 0 fully saturated rings. The van der Waals surface area contributed by atoms with Crippen molar-refractivity contribution in [3.63, 3.8) is 0 Å². The molecule has 0 aliphatic carbocycles. The summed E-state index contributed by atoms with van der Waals surface area (Å²) in [5.74, 6) is -3.00. The van der Waals surface area contributed by atoms with Gasteiger partial charge in [0, 0.05) is 11.8 Å². The summed E-state index contributed by atoms with van der Waals surface area (Å²) in [6, 6.07) is -1.26. The second kappa shape index (κ2) is 6.61. The maximum atomic E-state index is 12.1. The van der Waals surface area contributed by atoms with Crippen molar-refractivity contribution in [2.24, 2.45) is 0 Å². The van der Waals surface area contributed by atoms with Gasteiger partial charge in [-0.1, -0.05) is 25.3 Å². The van der Waals surface area contributed by atoms with Gasteiger partial charge in [0.25, 0.3) is 5.91 Å². The van der Waals surface area contributed by atoms with E-state index in [2.05, 4.69) is 14.9 Å². The van der Waals surface area contributed by atoms with Crippen LogP contribution in [0.4, 0.5) is 0 Å². The maximum absolute atomic E-state index is 12.1. The minimum atomic E-state index is -1.28. The van der Waals surface area contributed by atoms with Gasteiger partial charge in [0.05, 0.1) is 5.69 Å². The molecule has 21 heavy (non-hydrogen) atoms. The zero-order valence-electron chi connectivity index (χ0n) is 11.9. The summed E-state index contributed by atoms with van der Waals surface area (Å²) in [5.41, 5.74) is 0.0757. The van der Waals surface area contributed by atoms with Crippen molar-refractivity contribution in [1.29, 1.82) is 0 Å². The molecule has 1 amide bonds. The van der Waals surface area contributed by atoms with Gasteiger partial charge in [-0.25, -0.2) is 4.79 Å². The average molecular weight is 315 g/mol. The molecule has 0 aliphatic heterocycles. The largest absolute Gasteiger partial charge is 0.481 e. The van der Waals surface area contributed by atoms with Crippen LogP contribution in [0.25, 0.3) is 0 Å². The van der Waals surface area contributed by atoms with Crippen LogP contribution in [0.2, 0.25) is 0 Å². The lowest BCUT2D eigenvalue weighted by Crippen LogP contribution is -2.41. The fraction of sp³-hybridized carbons (Fsp3) is 0.583. The molecular formula is C12H17N3O5S. The fourth-order valence-corrected chi connectivity index (χ4v) is 2.36. The number of aliphatic carboxylic acids is 2. The van der Waals surface area contributed by atoms with E-state index in [1.165, 1.54) is 0 Å². The third kappa shape index (κ3) is 4.78. The molecule has 116 valence electrons. The van der Waals surface area contributed by atoms with E-state index in [1.54, 1.807) is 0 Å². The lowest BCUT2D eigenvalue weighted by molar-refractivity contribution is -0.140. The van der Waals surface area contributed by atoms with E-state index in [0.717, 1.165) is 11.5 Å². The average Bonchev–Trinajstić information content (AvgIpc) is 2.82. The molecule has 0 aliphatic rings. The van der Waals surface area contributed by atoms with Gasteiger partial charge >= 0.3 is 11.9 Å². The summed E-state index contributed by atoms with van der Waals surface area (Å²) < 4.78 is 3.73. The molecule has 9 heteroatoms. The Morgan fingerprint density at radius 3 is 2.38 bits per heavy atom. The number of aromatic nitrogens is 2. The van der Waals surface area contributed by atoms with Crippen LogP contribution >= 0.6 is 11.5 Å². The van der Waals surface area contributed by atoms with E-state index in [9.17, 15) is 14.4 Å². The van der Waals surface area contributed by atoms with Gasteiger partial charge in [0.2, 0.25) is 0 Å². The molecule has 0 saturated carbocycles. The van der Waals surface area contributed by atoms with Crippen LogP contribution in [0, 0.1) is 0 Å². The Kier molecular flexibility index (Phi) is 5.36. The van der Waals surface area contributed by atoms with Crippen LogP contribution in [-0.4, -0.2) is 43.7 Å². The number of nitrogens with one attached hydrogen (secondary N) is 1. The highest BCUT2D eigenvalue weighted by molar-refractivity contribution is 7.08. The number of carbonyl (C=O) groups is 3. The smallest absolute Gasteiger partial charge is 0.326 e. The van der Waals surface area contributed by atoms with Crippen molar-refractivity contribution < 1.29 is 24.6 Å². The van der Waals surface area contributed by atoms with Gasteiger partial charge in [-0.15, -0.1) is 5.10 Å². The second-order valence-electron chi connectivity index (χ2n) is 5.50. The summed E-state index contributed by atoms with van der Waals surface area (Å²) >= 11 is 0.880. The minimum absolute atomic E-state index is 0.187. The van der Waals surface area contributed by atoms with Crippen LogP contribution in [0.1, 0.15) is 49.0 Å². The second-order valence-corrected chi connectivity index (χ2v) is 6.25. The lowest BCUT2D eigenvalue weighted by Gasteiger charge is -2.17. The van der Waals surface area contributed by atoms with E-state index < -0.39 is 29.3 Å². The highest BCUT2D eigenvalue weighted by Crippen LogP contribution is 2.25. The zero-order chi connectivity index (χ0) is 16.2. The molecule has 0 radical (unpaired) electrons. The van der Waals surface area contributed by atoms with E-state index >= 15 is 0 Å². The molecular weight excluding hydrogens is 298 g/mol. The molecule has 0 bridgehead atoms. The number of carboxylic acids is 2. The fourth-order valence-electron chi connectivity index (χ4n) is 1.58. The van der Waals surface area contributed by atoms with Gasteiger partial charge in [-0.2, -0.15) is 0 Å². The molecule has 1 heterocycles. The predicted molar refractivity (Wildman–Crippen MR) is 74.4 cm³/mol. The standard InChI is InChI=1S/C12H17N3O5S/c1-12(2,3)9-8(21-15-14-9)10(18)13-6(11(19)20)4-5-7(16)17/h6H,4-5H2,1-3H3,(H,13,18)(H,16,17)(H,19,20). The van der Waals surface area contributed by atoms with Crippen molar-refractivity contribution in [3.8, 4) is 0 Å². The lowest BCUT2D eigenvalue weighted by atomic mass is 9.91. The topological polar surface area (TPSA) is 129 Å². The molecule has 0 spiro atoms. The molecule has 3 N–H and O–H groups in total. The predicted octanol–water partition coefficient (Wildman–Crippen LogP) is 0.883. The van der Waals surface area contributed by atoms with Gasteiger partial charge in [0.1, 0.15) is 10.9 Å². The first-order chi connectivity index (χ1) is 9.62. The van der Waals surface area contributed by atoms with E-state index in [1.807, 2.05) is 20.8 Å². The van der Waals surface area contributed by atoms with Crippen molar-refractivity contribution in [2.75, 3.05) is 0 Å². The number of rotatable bonds is 6. The number of carbonyl (C=O) groups excluding carboxylic acids is 1. The Labute approximate surface area is 125 Å². The van der Waals surface area contributed by atoms with E-state index in [4.69, 9.17) is 10.2 Å². The Balaban J connectivity index is 2.86. The Bertz CT molecular complexity index is 549. The summed E-state index contributed by atoms with van der Waals surface area (Å²) in [6.07, 6.45) is -0.530. The van der Waals surface area contributed by atoms with Crippen LogP contribution in [-0.2, 0) is 15.0 Å². The van der Waals surface area contributed by atoms with Crippen molar-refractivity contribution in [3.05, 3.63) is 10.6 Å². The van der Waals surface area contributed by atoms with Gasteiger partial charge in [-0.05, 0) is 18.0 Å². The molecule has 1 rings (SSSR count). The van der Waals surface area contributed by atoms with Crippen LogP contribution in [0.15, 0.2) is 0 Å². The number of carboxylic acid groups (broad SMARTS) is 2. The highest BCUT2D eigenvalue weighted by atomic mass is 32.1. The minimum Gasteiger partial charge on any atom is -0.481 e. The van der Waals surface area contributed by atoms with E-state index in [0.29, 0.717) is 5.69 Å². The summed E-state index contributed by atoms with van der Waals surface area (Å²) in [4.78, 5) is 33.9. The number of amides is 1. The van der Waals surface area contributed by atoms with Crippen LogP contribution < -0.4 is 5.32 Å². The maximum Gasteiger partial charge on any atom is 0.326 e. The summed E-state index contributed by atoms with van der Waals surface area (Å²) in [5, 5.41) is 23.8. The third-order valence-electron chi connectivity index (χ3n) is 2.65. The SMILES string of the molecule is CC(C)(C)c1nnsc1C(=O)NC(CCC(=O)O)C(=O)O. The Morgan fingerprint density at radius 1 is 1.29 bits per heavy atom. The quantitative estimate of drug-likeness (QED) is 0.710. The molecule has 1 aromatic heterocycles. The van der Waals surface area contributed by atoms with Crippen LogP contribution in [0.5, 0.6) is 0 Å². The summed E-state index contributed by atoms with van der Waals surface area (Å²) in [7, 11) is 0. The van der Waals surface area contributed by atoms with Gasteiger partial charge < -0.3 is 15.5 Å². The molecule has 1 atom stereocenters. The van der Waals surface area contributed by atoms with Crippen LogP contribution in [0.3, 0.4) is 0 Å². The molecule has 8 nitrogen and oxygen atoms in total. The van der Waals surface area contributed by atoms with Gasteiger partial charge in [0.15, 0.2) is 0 Å². The molecule has 1 unspecified atom stereocenters. The number of nitrogens with zero attached hydrogens (tertiary/aromatic N) is 2. The molecule has 1 aromatic rings. The first kappa shape index (κ1) is 17.0. The van der Waals surface area contributed by atoms with Gasteiger partial charge in [-0.3, -0.25) is 9.59 Å². The number of hydrogen-bond donors (Lipinski definition) is 3. The highest BCUT2D eigenvalue weighted by Gasteiger charge is 2.29. The summed E-state index contributed by atoms with van der Waals surface area (Å²) in [6.45, 7) is 5.58. The molecule has 0 aromatic carbocycles. The first-order valence-corrected chi connectivity index (χ1v) is 6.98. The monoisotopic (exact) mass is 315 g/mol. The third-order valence-corrected chi connectivity index (χ3v) is 3.38. The van der Waals surface area contributed by atoms with E-state index in [-0.39, 0.29) is 17.7 Å². The van der Waals surface area contributed by atoms with Crippen molar-refractivity contribution in [2.45, 2.75) is 45.1 Å².